The molecule has 3 nitrogen and oxygen atoms in total. The standard InChI is InChI=1S/C14H23NO2S/c1-9(2)18-11-6-12(16-4)14(10(3)8-15)13(7-11)17-5/h6-7,9-10H,8,15H2,1-5H3. The number of hydrogen-bond acceptors (Lipinski definition) is 4. The van der Waals surface area contributed by atoms with Crippen molar-refractivity contribution in [1.82, 2.24) is 0 Å². The molecule has 2 N–H and O–H groups in total. The van der Waals surface area contributed by atoms with Crippen LogP contribution in [0.4, 0.5) is 0 Å². The van der Waals surface area contributed by atoms with Crippen LogP contribution in [-0.4, -0.2) is 26.0 Å². The maximum atomic E-state index is 5.75. The fraction of sp³-hybridized carbons (Fsp3) is 0.571. The van der Waals surface area contributed by atoms with Crippen LogP contribution in [0.2, 0.25) is 0 Å². The highest BCUT2D eigenvalue weighted by atomic mass is 32.2. The molecular weight excluding hydrogens is 246 g/mol. The zero-order chi connectivity index (χ0) is 13.7. The van der Waals surface area contributed by atoms with Crippen molar-refractivity contribution in [3.63, 3.8) is 0 Å². The highest BCUT2D eigenvalue weighted by Gasteiger charge is 2.18. The molecule has 18 heavy (non-hydrogen) atoms. The van der Waals surface area contributed by atoms with E-state index in [4.69, 9.17) is 15.2 Å². The van der Waals surface area contributed by atoms with Crippen LogP contribution in [0.15, 0.2) is 17.0 Å². The number of rotatable bonds is 6. The smallest absolute Gasteiger partial charge is 0.127 e. The average Bonchev–Trinajstić information content (AvgIpc) is 2.35. The van der Waals surface area contributed by atoms with Gasteiger partial charge in [-0.1, -0.05) is 20.8 Å². The molecule has 0 aromatic heterocycles. The third-order valence-corrected chi connectivity index (χ3v) is 3.71. The van der Waals surface area contributed by atoms with Crippen molar-refractivity contribution in [1.29, 1.82) is 0 Å². The monoisotopic (exact) mass is 269 g/mol. The number of ether oxygens (including phenoxy) is 2. The van der Waals surface area contributed by atoms with Crippen molar-refractivity contribution in [3.8, 4) is 11.5 Å². The van der Waals surface area contributed by atoms with Crippen molar-refractivity contribution in [2.45, 2.75) is 36.8 Å². The molecule has 0 aliphatic carbocycles. The van der Waals surface area contributed by atoms with E-state index in [-0.39, 0.29) is 5.92 Å². The van der Waals surface area contributed by atoms with Crippen LogP contribution in [0.3, 0.4) is 0 Å². The summed E-state index contributed by atoms with van der Waals surface area (Å²) in [7, 11) is 3.37. The Labute approximate surface area is 114 Å². The third kappa shape index (κ3) is 3.56. The van der Waals surface area contributed by atoms with E-state index in [1.807, 2.05) is 0 Å². The van der Waals surface area contributed by atoms with Gasteiger partial charge in [0.15, 0.2) is 0 Å². The largest absolute Gasteiger partial charge is 0.496 e. The van der Waals surface area contributed by atoms with Gasteiger partial charge >= 0.3 is 0 Å². The third-order valence-electron chi connectivity index (χ3n) is 2.74. The number of nitrogens with two attached hydrogens (primary N) is 1. The van der Waals surface area contributed by atoms with Gasteiger partial charge < -0.3 is 15.2 Å². The summed E-state index contributed by atoms with van der Waals surface area (Å²) in [5.41, 5.74) is 6.81. The summed E-state index contributed by atoms with van der Waals surface area (Å²) < 4.78 is 11.0. The molecule has 0 aliphatic heterocycles. The predicted octanol–water partition coefficient (Wildman–Crippen LogP) is 3.27. The molecule has 1 aromatic carbocycles. The summed E-state index contributed by atoms with van der Waals surface area (Å²) in [6, 6.07) is 4.13. The molecule has 1 atom stereocenters. The number of methoxy groups -OCH3 is 2. The highest BCUT2D eigenvalue weighted by molar-refractivity contribution is 7.99. The van der Waals surface area contributed by atoms with E-state index in [1.54, 1.807) is 26.0 Å². The maximum absolute atomic E-state index is 5.75. The summed E-state index contributed by atoms with van der Waals surface area (Å²) in [6.45, 7) is 6.99. The Morgan fingerprint density at radius 3 is 1.94 bits per heavy atom. The van der Waals surface area contributed by atoms with Crippen LogP contribution in [0, 0.1) is 0 Å². The Bertz CT molecular complexity index is 368. The van der Waals surface area contributed by atoms with E-state index in [2.05, 4.69) is 32.9 Å². The summed E-state index contributed by atoms with van der Waals surface area (Å²) in [6.07, 6.45) is 0. The summed E-state index contributed by atoms with van der Waals surface area (Å²) in [4.78, 5) is 1.16. The van der Waals surface area contributed by atoms with Gasteiger partial charge in [-0.05, 0) is 18.7 Å². The van der Waals surface area contributed by atoms with E-state index in [1.165, 1.54) is 0 Å². The normalized spacial score (nSPS) is 12.6. The first-order valence-corrected chi connectivity index (χ1v) is 7.04. The molecule has 0 fully saturated rings. The van der Waals surface area contributed by atoms with Crippen LogP contribution in [0.1, 0.15) is 32.3 Å². The fourth-order valence-corrected chi connectivity index (χ4v) is 2.75. The van der Waals surface area contributed by atoms with Gasteiger partial charge in [0.05, 0.1) is 14.2 Å². The number of hydrogen-bond donors (Lipinski definition) is 1. The lowest BCUT2D eigenvalue weighted by molar-refractivity contribution is 0.378. The molecule has 0 heterocycles. The Morgan fingerprint density at radius 2 is 1.61 bits per heavy atom. The summed E-state index contributed by atoms with van der Waals surface area (Å²) >= 11 is 1.79. The predicted molar refractivity (Wildman–Crippen MR) is 78.0 cm³/mol. The van der Waals surface area contributed by atoms with Crippen molar-refractivity contribution in [3.05, 3.63) is 17.7 Å². The molecule has 1 rings (SSSR count). The zero-order valence-corrected chi connectivity index (χ0v) is 12.6. The molecule has 0 radical (unpaired) electrons. The van der Waals surface area contributed by atoms with Gasteiger partial charge in [-0.25, -0.2) is 0 Å². The van der Waals surface area contributed by atoms with Crippen LogP contribution < -0.4 is 15.2 Å². The van der Waals surface area contributed by atoms with E-state index < -0.39 is 0 Å². The molecule has 1 aromatic rings. The van der Waals surface area contributed by atoms with E-state index >= 15 is 0 Å². The highest BCUT2D eigenvalue weighted by Crippen LogP contribution is 2.39. The van der Waals surface area contributed by atoms with E-state index in [0.717, 1.165) is 22.0 Å². The first-order valence-electron chi connectivity index (χ1n) is 6.16. The van der Waals surface area contributed by atoms with Crippen molar-refractivity contribution < 1.29 is 9.47 Å². The van der Waals surface area contributed by atoms with Crippen LogP contribution in [0.25, 0.3) is 0 Å². The van der Waals surface area contributed by atoms with Crippen molar-refractivity contribution in [2.75, 3.05) is 20.8 Å². The van der Waals surface area contributed by atoms with Crippen molar-refractivity contribution in [2.24, 2.45) is 5.73 Å². The minimum Gasteiger partial charge on any atom is -0.496 e. The van der Waals surface area contributed by atoms with Crippen LogP contribution >= 0.6 is 11.8 Å². The molecular formula is C14H23NO2S. The lowest BCUT2D eigenvalue weighted by atomic mass is 9.99. The Morgan fingerprint density at radius 1 is 1.11 bits per heavy atom. The second kappa shape index (κ2) is 6.90. The summed E-state index contributed by atoms with van der Waals surface area (Å²) in [5, 5.41) is 0.525. The van der Waals surface area contributed by atoms with Gasteiger partial charge in [0, 0.05) is 21.6 Å². The summed E-state index contributed by atoms with van der Waals surface area (Å²) in [5.74, 6) is 1.93. The minimum absolute atomic E-state index is 0.216. The SMILES string of the molecule is COc1cc(SC(C)C)cc(OC)c1C(C)CN. The molecule has 0 aliphatic rings. The fourth-order valence-electron chi connectivity index (χ4n) is 1.86. The van der Waals surface area contributed by atoms with Gasteiger partial charge in [0.1, 0.15) is 11.5 Å². The molecule has 4 heteroatoms. The van der Waals surface area contributed by atoms with E-state index in [0.29, 0.717) is 11.8 Å². The van der Waals surface area contributed by atoms with Crippen molar-refractivity contribution >= 4 is 11.8 Å². The Kier molecular flexibility index (Phi) is 5.82. The van der Waals surface area contributed by atoms with Gasteiger partial charge in [-0.3, -0.25) is 0 Å². The van der Waals surface area contributed by atoms with Crippen LogP contribution in [-0.2, 0) is 0 Å². The topological polar surface area (TPSA) is 44.5 Å². The van der Waals surface area contributed by atoms with Gasteiger partial charge in [0.2, 0.25) is 0 Å². The van der Waals surface area contributed by atoms with Gasteiger partial charge in [-0.2, -0.15) is 0 Å². The van der Waals surface area contributed by atoms with Crippen LogP contribution in [0.5, 0.6) is 11.5 Å². The second-order valence-corrected chi connectivity index (χ2v) is 6.19. The first kappa shape index (κ1) is 15.2. The molecule has 0 amide bonds. The van der Waals surface area contributed by atoms with Gasteiger partial charge in [0.25, 0.3) is 0 Å². The zero-order valence-electron chi connectivity index (χ0n) is 11.8. The number of benzene rings is 1. The molecule has 0 bridgehead atoms. The maximum Gasteiger partial charge on any atom is 0.127 e. The molecule has 1 unspecified atom stereocenters. The first-order chi connectivity index (χ1) is 8.53. The molecule has 102 valence electrons. The molecule has 0 saturated heterocycles. The lowest BCUT2D eigenvalue weighted by Gasteiger charge is -2.19. The quantitative estimate of drug-likeness (QED) is 0.805. The molecule has 0 spiro atoms. The van der Waals surface area contributed by atoms with E-state index in [9.17, 15) is 0 Å². The average molecular weight is 269 g/mol. The lowest BCUT2D eigenvalue weighted by Crippen LogP contribution is -2.11. The Balaban J connectivity index is 3.25. The van der Waals surface area contributed by atoms with Gasteiger partial charge in [-0.15, -0.1) is 11.8 Å². The minimum atomic E-state index is 0.216. The number of thioether (sulfide) groups is 1. The second-order valence-electron chi connectivity index (χ2n) is 4.54. The Hall–Kier alpha value is -0.870. The molecule has 0 saturated carbocycles.